The van der Waals surface area contributed by atoms with Crippen molar-refractivity contribution < 1.29 is 0 Å². The van der Waals surface area contributed by atoms with Gasteiger partial charge in [0.15, 0.2) is 0 Å². The Bertz CT molecular complexity index is 914. The number of hydrogen-bond acceptors (Lipinski definition) is 0. The maximum absolute atomic E-state index is 3.16. The molecule has 0 N–H and O–H groups in total. The van der Waals surface area contributed by atoms with E-state index >= 15 is 0 Å². The van der Waals surface area contributed by atoms with Crippen LogP contribution in [0.5, 0.6) is 0 Å². The molecule has 4 rings (SSSR count). The predicted octanol–water partition coefficient (Wildman–Crippen LogP) is 6.62. The van der Waals surface area contributed by atoms with Crippen molar-refractivity contribution in [3.8, 4) is 0 Å². The molecule has 138 valence electrons. The van der Waals surface area contributed by atoms with Gasteiger partial charge >= 0.3 is 0 Å². The first-order valence-corrected chi connectivity index (χ1v) is 10.6. The van der Waals surface area contributed by atoms with E-state index in [4.69, 9.17) is 0 Å². The van der Waals surface area contributed by atoms with E-state index in [1.54, 1.807) is 0 Å². The second-order valence-electron chi connectivity index (χ2n) is 7.08. The molecule has 0 aliphatic rings. The molecule has 2 atom stereocenters. The first-order chi connectivity index (χ1) is 13.7. The highest BCUT2D eigenvalue weighted by atomic mass is 31.1. The highest BCUT2D eigenvalue weighted by Crippen LogP contribution is 2.60. The molecule has 4 aromatic rings. The third-order valence-corrected chi connectivity index (χ3v) is 7.03. The molecule has 0 aromatic heterocycles. The largest absolute Gasteiger partial charge is 0.121 e. The van der Waals surface area contributed by atoms with E-state index < -0.39 is 5.41 Å². The molecule has 0 aliphatic carbocycles. The maximum atomic E-state index is 3.16. The summed E-state index contributed by atoms with van der Waals surface area (Å²) >= 11 is 0. The Hall–Kier alpha value is -2.26. The molecule has 0 fully saturated rings. The van der Waals surface area contributed by atoms with Crippen molar-refractivity contribution >= 4 is 18.5 Å². The van der Waals surface area contributed by atoms with Crippen molar-refractivity contribution in [1.82, 2.24) is 0 Å². The molecule has 0 bridgehead atoms. The number of hydrogen-bond donors (Lipinski definition) is 0. The van der Waals surface area contributed by atoms with Crippen molar-refractivity contribution in [2.24, 2.45) is 0 Å². The maximum Gasteiger partial charge on any atom is 0.0616 e. The minimum absolute atomic E-state index is 0.349. The highest BCUT2D eigenvalue weighted by Gasteiger charge is 2.50. The van der Waals surface area contributed by atoms with Crippen LogP contribution in [0.1, 0.15) is 22.3 Å². The molecule has 0 saturated carbocycles. The van der Waals surface area contributed by atoms with Gasteiger partial charge < -0.3 is 0 Å². The molecule has 4 aromatic carbocycles. The van der Waals surface area contributed by atoms with E-state index in [1.165, 1.54) is 22.3 Å². The van der Waals surface area contributed by atoms with Gasteiger partial charge in [-0.15, -0.1) is 18.5 Å². The van der Waals surface area contributed by atoms with E-state index in [0.29, 0.717) is 0 Å². The van der Waals surface area contributed by atoms with Crippen molar-refractivity contribution in [2.45, 2.75) is 10.3 Å². The smallest absolute Gasteiger partial charge is 0.0616 e. The molecule has 0 nitrogen and oxygen atoms in total. The Morgan fingerprint density at radius 2 is 0.607 bits per heavy atom. The van der Waals surface area contributed by atoms with Crippen molar-refractivity contribution in [2.75, 3.05) is 0 Å². The van der Waals surface area contributed by atoms with Crippen LogP contribution in [0.2, 0.25) is 0 Å². The molecule has 0 saturated heterocycles. The fraction of sp³-hybridized carbons (Fsp3) is 0.0769. The van der Waals surface area contributed by atoms with E-state index in [2.05, 4.69) is 140 Å². The molecule has 28 heavy (non-hydrogen) atoms. The second kappa shape index (κ2) is 8.00. The summed E-state index contributed by atoms with van der Waals surface area (Å²) in [7, 11) is 6.31. The fourth-order valence-corrected chi connectivity index (χ4v) is 5.60. The summed E-state index contributed by atoms with van der Waals surface area (Å²) in [5.74, 6) is 0. The number of rotatable bonds is 5. The zero-order valence-electron chi connectivity index (χ0n) is 15.7. The van der Waals surface area contributed by atoms with E-state index in [0.717, 1.165) is 0 Å². The molecule has 0 radical (unpaired) electrons. The van der Waals surface area contributed by atoms with E-state index in [9.17, 15) is 0 Å². The van der Waals surface area contributed by atoms with Gasteiger partial charge in [-0.3, -0.25) is 0 Å². The predicted molar refractivity (Wildman–Crippen MR) is 127 cm³/mol. The first-order valence-electron chi connectivity index (χ1n) is 9.47. The Labute approximate surface area is 172 Å². The summed E-state index contributed by atoms with van der Waals surface area (Å²) in [5, 5.41) is 0. The molecule has 2 heteroatoms. The summed E-state index contributed by atoms with van der Waals surface area (Å²) in [6.07, 6.45) is 0. The van der Waals surface area contributed by atoms with Crippen LogP contribution in [-0.2, 0) is 10.3 Å². The van der Waals surface area contributed by atoms with Gasteiger partial charge in [-0.1, -0.05) is 121 Å². The molecular formula is C26H24P2. The Morgan fingerprint density at radius 1 is 0.357 bits per heavy atom. The molecule has 0 heterocycles. The summed E-state index contributed by atoms with van der Waals surface area (Å²) in [6, 6.07) is 43.2. The third-order valence-electron chi connectivity index (χ3n) is 5.49. The minimum Gasteiger partial charge on any atom is -0.121 e. The van der Waals surface area contributed by atoms with Crippen LogP contribution in [0, 0.1) is 0 Å². The normalized spacial score (nSPS) is 11.9. The van der Waals surface area contributed by atoms with E-state index in [1.807, 2.05) is 0 Å². The lowest BCUT2D eigenvalue weighted by molar-refractivity contribution is 0.560. The van der Waals surface area contributed by atoms with Gasteiger partial charge in [0.2, 0.25) is 0 Å². The summed E-state index contributed by atoms with van der Waals surface area (Å²) < 4.78 is 0. The quantitative estimate of drug-likeness (QED) is 0.262. The summed E-state index contributed by atoms with van der Waals surface area (Å²) in [4.78, 5) is -0.349. The zero-order chi connectivity index (χ0) is 19.5. The third kappa shape index (κ3) is 3.12. The standard InChI is InChI=1S/C26H24P2/c27-26(28,24-19-11-4-12-20-24)25(21-13-5-1-6-14-21,22-15-7-2-8-16-22)23-17-9-3-10-18-23/h1-20H,27-28H2. The van der Waals surface area contributed by atoms with Crippen molar-refractivity contribution in [3.63, 3.8) is 0 Å². The lowest BCUT2D eigenvalue weighted by Crippen LogP contribution is -2.43. The second-order valence-corrected chi connectivity index (χ2v) is 9.57. The lowest BCUT2D eigenvalue weighted by atomic mass is 9.65. The van der Waals surface area contributed by atoms with Crippen LogP contribution in [0.25, 0.3) is 0 Å². The van der Waals surface area contributed by atoms with Crippen molar-refractivity contribution in [1.29, 1.82) is 0 Å². The Balaban J connectivity index is 2.14. The average Bonchev–Trinajstić information content (AvgIpc) is 2.77. The van der Waals surface area contributed by atoms with Crippen LogP contribution in [0.15, 0.2) is 121 Å². The molecule has 0 amide bonds. The number of benzene rings is 4. The first kappa shape index (κ1) is 19.1. The monoisotopic (exact) mass is 398 g/mol. The SMILES string of the molecule is PC(P)(c1ccccc1)C(c1ccccc1)(c1ccccc1)c1ccccc1. The average molecular weight is 398 g/mol. The Kier molecular flexibility index (Phi) is 5.45. The topological polar surface area (TPSA) is 0 Å². The zero-order valence-corrected chi connectivity index (χ0v) is 18.0. The van der Waals surface area contributed by atoms with Gasteiger partial charge in [-0.2, -0.15) is 0 Å². The van der Waals surface area contributed by atoms with Crippen molar-refractivity contribution in [3.05, 3.63) is 144 Å². The van der Waals surface area contributed by atoms with E-state index in [-0.39, 0.29) is 4.90 Å². The van der Waals surface area contributed by atoms with Gasteiger partial charge in [0.05, 0.1) is 5.41 Å². The molecule has 0 spiro atoms. The molecular weight excluding hydrogens is 374 g/mol. The van der Waals surface area contributed by atoms with Gasteiger partial charge in [0.25, 0.3) is 0 Å². The summed E-state index contributed by atoms with van der Waals surface area (Å²) in [5.41, 5.74) is 4.65. The van der Waals surface area contributed by atoms with Crippen LogP contribution in [0.3, 0.4) is 0 Å². The fourth-order valence-electron chi connectivity index (χ4n) is 4.21. The van der Waals surface area contributed by atoms with Crippen LogP contribution >= 0.6 is 18.5 Å². The molecule has 2 unspecified atom stereocenters. The molecule has 0 aliphatic heterocycles. The van der Waals surface area contributed by atoms with Gasteiger partial charge in [0, 0.05) is 4.90 Å². The van der Waals surface area contributed by atoms with Gasteiger partial charge in [-0.25, -0.2) is 0 Å². The van der Waals surface area contributed by atoms with Crippen LogP contribution in [0.4, 0.5) is 0 Å². The minimum atomic E-state index is -0.395. The Morgan fingerprint density at radius 3 is 0.893 bits per heavy atom. The summed E-state index contributed by atoms with van der Waals surface area (Å²) in [6.45, 7) is 0. The highest BCUT2D eigenvalue weighted by molar-refractivity contribution is 7.39. The van der Waals surface area contributed by atoms with Gasteiger partial charge in [-0.05, 0) is 22.3 Å². The van der Waals surface area contributed by atoms with Crippen LogP contribution in [-0.4, -0.2) is 0 Å². The van der Waals surface area contributed by atoms with Gasteiger partial charge in [0.1, 0.15) is 0 Å². The van der Waals surface area contributed by atoms with Crippen LogP contribution < -0.4 is 0 Å². The lowest BCUT2D eigenvalue weighted by Gasteiger charge is -2.48.